The van der Waals surface area contributed by atoms with Crippen LogP contribution in [0.15, 0.2) is 115 Å². The van der Waals surface area contributed by atoms with E-state index < -0.39 is 0 Å². The number of rotatable bonds is 1. The predicted octanol–water partition coefficient (Wildman–Crippen LogP) is 10.0. The standard InChI is InChI=1S/C36H19N3OS/c1-2-9-21-20(8-1)16-19-29-31(21)33-32-26(12-7-14-28(32)40-29)37-36(38-33)39-27-13-5-3-10-22(27)24-17-18-25-23-11-4-6-15-30(23)41-35(25)34(24)39/h1-19H. The number of nitrogens with zero attached hydrogens (tertiary/aromatic N) is 3. The highest BCUT2D eigenvalue weighted by atomic mass is 32.1. The number of hydrogen-bond acceptors (Lipinski definition) is 4. The zero-order valence-electron chi connectivity index (χ0n) is 21.6. The fourth-order valence-electron chi connectivity index (χ4n) is 6.64. The van der Waals surface area contributed by atoms with E-state index >= 15 is 0 Å². The van der Waals surface area contributed by atoms with Gasteiger partial charge in [0.1, 0.15) is 11.5 Å². The van der Waals surface area contributed by atoms with E-state index in [0.717, 1.165) is 55.5 Å². The van der Waals surface area contributed by atoms with E-state index in [1.165, 1.54) is 30.9 Å². The summed E-state index contributed by atoms with van der Waals surface area (Å²) in [6.45, 7) is 0. The minimum Gasteiger partial charge on any atom is -0.456 e. The van der Waals surface area contributed by atoms with E-state index in [1.807, 2.05) is 23.5 Å². The second-order valence-electron chi connectivity index (χ2n) is 10.6. The third-order valence-corrected chi connectivity index (χ3v) is 9.59. The fraction of sp³-hybridized carbons (Fsp3) is 0. The van der Waals surface area contributed by atoms with Crippen LogP contribution in [0.3, 0.4) is 0 Å². The zero-order chi connectivity index (χ0) is 26.7. The van der Waals surface area contributed by atoms with Crippen molar-refractivity contribution in [1.82, 2.24) is 14.5 Å². The smallest absolute Gasteiger partial charge is 0.235 e. The number of hydrogen-bond donors (Lipinski definition) is 0. The van der Waals surface area contributed by atoms with Gasteiger partial charge in [-0.3, -0.25) is 4.57 Å². The van der Waals surface area contributed by atoms with E-state index in [9.17, 15) is 0 Å². The maximum atomic E-state index is 6.43. The molecule has 0 atom stereocenters. The van der Waals surface area contributed by atoms with Crippen LogP contribution in [0, 0.1) is 0 Å². The molecule has 0 unspecified atom stereocenters. The third kappa shape index (κ3) is 2.78. The summed E-state index contributed by atoms with van der Waals surface area (Å²) in [6, 6.07) is 40.5. The second-order valence-corrected chi connectivity index (χ2v) is 11.6. The Bertz CT molecular complexity index is 2580. The first kappa shape index (κ1) is 21.5. The molecule has 0 fully saturated rings. The molecule has 1 aliphatic rings. The Labute approximate surface area is 237 Å². The summed E-state index contributed by atoms with van der Waals surface area (Å²) >= 11 is 1.84. The number of thiophene rings is 1. The third-order valence-electron chi connectivity index (χ3n) is 8.40. The molecule has 0 spiro atoms. The highest BCUT2D eigenvalue weighted by Gasteiger charge is 2.27. The van der Waals surface area contributed by atoms with Gasteiger partial charge in [0.2, 0.25) is 5.95 Å². The molecule has 41 heavy (non-hydrogen) atoms. The van der Waals surface area contributed by atoms with Crippen LogP contribution in [0.2, 0.25) is 0 Å². The summed E-state index contributed by atoms with van der Waals surface area (Å²) in [5.41, 5.74) is 5.05. The second kappa shape index (κ2) is 7.68. The fourth-order valence-corrected chi connectivity index (χ4v) is 7.88. The normalized spacial score (nSPS) is 12.6. The van der Waals surface area contributed by atoms with Crippen molar-refractivity contribution in [3.8, 4) is 28.7 Å². The molecule has 9 aromatic rings. The van der Waals surface area contributed by atoms with Crippen LogP contribution in [-0.4, -0.2) is 14.5 Å². The van der Waals surface area contributed by atoms with Crippen LogP contribution in [0.4, 0.5) is 0 Å². The van der Waals surface area contributed by atoms with Gasteiger partial charge in [0.05, 0.1) is 37.9 Å². The Morgan fingerprint density at radius 1 is 0.585 bits per heavy atom. The first-order valence-electron chi connectivity index (χ1n) is 13.7. The van der Waals surface area contributed by atoms with Crippen molar-refractivity contribution in [2.75, 3.05) is 0 Å². The SMILES string of the molecule is c1ccc2c3c(ccc2c1)Oc1cccc2nc(-n4c5ccccc5c5ccc6c7ccccc7sc6c54)nc-3c12. The average Bonchev–Trinajstić information content (AvgIpc) is 3.57. The van der Waals surface area contributed by atoms with Crippen molar-refractivity contribution in [1.29, 1.82) is 0 Å². The molecule has 0 bridgehead atoms. The maximum Gasteiger partial charge on any atom is 0.235 e. The predicted molar refractivity (Wildman–Crippen MR) is 170 cm³/mol. The molecular formula is C36H19N3OS. The van der Waals surface area contributed by atoms with E-state index in [1.54, 1.807) is 0 Å². The lowest BCUT2D eigenvalue weighted by molar-refractivity contribution is 0.487. The number of ether oxygens (including phenoxy) is 1. The molecule has 0 amide bonds. The molecule has 3 aromatic heterocycles. The minimum atomic E-state index is 0.668. The molecule has 0 saturated carbocycles. The number of para-hydroxylation sites is 1. The number of fused-ring (bicyclic) bond motifs is 11. The minimum absolute atomic E-state index is 0.668. The van der Waals surface area contributed by atoms with Crippen LogP contribution in [0.5, 0.6) is 11.5 Å². The monoisotopic (exact) mass is 541 g/mol. The maximum absolute atomic E-state index is 6.43. The summed E-state index contributed by atoms with van der Waals surface area (Å²) < 4.78 is 11.2. The zero-order valence-corrected chi connectivity index (χ0v) is 22.4. The molecular weight excluding hydrogens is 522 g/mol. The Balaban J connectivity index is 1.40. The van der Waals surface area contributed by atoms with E-state index in [-0.39, 0.29) is 0 Å². The first-order chi connectivity index (χ1) is 20.3. The lowest BCUT2D eigenvalue weighted by Crippen LogP contribution is -2.07. The Morgan fingerprint density at radius 2 is 1.39 bits per heavy atom. The van der Waals surface area contributed by atoms with Crippen molar-refractivity contribution in [2.24, 2.45) is 0 Å². The number of aromatic nitrogens is 3. The van der Waals surface area contributed by atoms with Crippen LogP contribution in [-0.2, 0) is 0 Å². The van der Waals surface area contributed by atoms with Crippen LogP contribution >= 0.6 is 11.3 Å². The lowest BCUT2D eigenvalue weighted by Gasteiger charge is -2.22. The van der Waals surface area contributed by atoms with Gasteiger partial charge in [0, 0.05) is 26.2 Å². The van der Waals surface area contributed by atoms with Gasteiger partial charge < -0.3 is 4.74 Å². The quantitative estimate of drug-likeness (QED) is 0.208. The van der Waals surface area contributed by atoms with Crippen LogP contribution in [0.25, 0.3) is 80.9 Å². The van der Waals surface area contributed by atoms with Crippen LogP contribution < -0.4 is 4.74 Å². The van der Waals surface area contributed by atoms with Gasteiger partial charge >= 0.3 is 0 Å². The molecule has 5 heteroatoms. The summed E-state index contributed by atoms with van der Waals surface area (Å²) in [5, 5.41) is 8.18. The molecule has 0 aliphatic carbocycles. The molecule has 4 heterocycles. The Morgan fingerprint density at radius 3 is 2.34 bits per heavy atom. The molecule has 0 saturated heterocycles. The molecule has 6 aromatic carbocycles. The Kier molecular flexibility index (Phi) is 4.04. The average molecular weight is 542 g/mol. The van der Waals surface area contributed by atoms with Crippen LogP contribution in [0.1, 0.15) is 0 Å². The highest BCUT2D eigenvalue weighted by Crippen LogP contribution is 2.49. The largest absolute Gasteiger partial charge is 0.456 e. The first-order valence-corrected chi connectivity index (χ1v) is 14.5. The number of benzene rings is 6. The molecule has 0 radical (unpaired) electrons. The summed E-state index contributed by atoms with van der Waals surface area (Å²) in [7, 11) is 0. The van der Waals surface area contributed by atoms with Crippen molar-refractivity contribution >= 4 is 75.0 Å². The lowest BCUT2D eigenvalue weighted by atomic mass is 9.96. The van der Waals surface area contributed by atoms with Gasteiger partial charge in [0.15, 0.2) is 0 Å². The highest BCUT2D eigenvalue weighted by molar-refractivity contribution is 7.26. The summed E-state index contributed by atoms with van der Waals surface area (Å²) in [5.74, 6) is 2.28. The van der Waals surface area contributed by atoms with E-state index in [4.69, 9.17) is 14.7 Å². The van der Waals surface area contributed by atoms with Crippen molar-refractivity contribution in [3.05, 3.63) is 115 Å². The Hall–Kier alpha value is -5.26. The van der Waals surface area contributed by atoms with E-state index in [2.05, 4.69) is 108 Å². The summed E-state index contributed by atoms with van der Waals surface area (Å²) in [4.78, 5) is 10.6. The van der Waals surface area contributed by atoms with Crippen molar-refractivity contribution in [2.45, 2.75) is 0 Å². The van der Waals surface area contributed by atoms with Gasteiger partial charge in [-0.25, -0.2) is 9.97 Å². The van der Waals surface area contributed by atoms with Gasteiger partial charge in [-0.1, -0.05) is 84.9 Å². The molecule has 190 valence electrons. The molecule has 0 N–H and O–H groups in total. The van der Waals surface area contributed by atoms with Gasteiger partial charge in [-0.15, -0.1) is 11.3 Å². The molecule has 1 aliphatic heterocycles. The van der Waals surface area contributed by atoms with Crippen molar-refractivity contribution in [3.63, 3.8) is 0 Å². The van der Waals surface area contributed by atoms with E-state index in [0.29, 0.717) is 5.95 Å². The van der Waals surface area contributed by atoms with Gasteiger partial charge in [0.25, 0.3) is 0 Å². The topological polar surface area (TPSA) is 39.9 Å². The molecule has 4 nitrogen and oxygen atoms in total. The molecule has 10 rings (SSSR count). The van der Waals surface area contributed by atoms with Gasteiger partial charge in [-0.2, -0.15) is 0 Å². The summed E-state index contributed by atoms with van der Waals surface area (Å²) in [6.07, 6.45) is 0. The van der Waals surface area contributed by atoms with Gasteiger partial charge in [-0.05, 0) is 41.1 Å². The van der Waals surface area contributed by atoms with Crippen molar-refractivity contribution < 1.29 is 4.74 Å².